The van der Waals surface area contributed by atoms with Crippen molar-refractivity contribution in [3.05, 3.63) is 86.0 Å². The highest BCUT2D eigenvalue weighted by Gasteiger charge is 2.07. The molecule has 0 atom stereocenters. The van der Waals surface area contributed by atoms with Crippen LogP contribution in [0.3, 0.4) is 0 Å². The summed E-state index contributed by atoms with van der Waals surface area (Å²) < 4.78 is 8.94. The molecule has 2 aromatic carbocycles. The average molecular weight is 416 g/mol. The van der Waals surface area contributed by atoms with Gasteiger partial charge in [0.1, 0.15) is 13.2 Å². The maximum absolute atomic E-state index is 12.0. The van der Waals surface area contributed by atoms with Gasteiger partial charge in [-0.2, -0.15) is 0 Å². The molecule has 9 nitrogen and oxygen atoms in total. The van der Waals surface area contributed by atoms with Gasteiger partial charge < -0.3 is 24.5 Å². The van der Waals surface area contributed by atoms with Crippen LogP contribution in [0.2, 0.25) is 0 Å². The third-order valence-corrected chi connectivity index (χ3v) is 4.37. The minimum absolute atomic E-state index is 0.226. The molecule has 0 bridgehead atoms. The fourth-order valence-electron chi connectivity index (χ4n) is 2.89. The molecular formula is C22H20N6O3. The smallest absolute Gasteiger partial charge is 0.250 e. The largest absolute Gasteiger partial charge is 0.362 e. The normalized spacial score (nSPS) is 10.6. The monoisotopic (exact) mass is 416 g/mol. The SMILES string of the molecule is O=C(COCC(=O)Nc1ccc(-n2ccnc2)cc1)Nc1ccc(-n2ccnc2)cc1. The molecule has 0 spiro atoms. The topological polar surface area (TPSA) is 103 Å². The molecule has 0 aliphatic rings. The number of carbonyl (C=O) groups excluding carboxylic acids is 2. The Bertz CT molecular complexity index is 1030. The third-order valence-electron chi connectivity index (χ3n) is 4.37. The van der Waals surface area contributed by atoms with E-state index in [4.69, 9.17) is 4.74 Å². The molecule has 4 rings (SSSR count). The first-order chi connectivity index (χ1) is 15.2. The molecule has 2 amide bonds. The molecule has 0 aliphatic heterocycles. The van der Waals surface area contributed by atoms with Gasteiger partial charge >= 0.3 is 0 Å². The second-order valence-electron chi connectivity index (χ2n) is 6.62. The number of amides is 2. The number of nitrogens with one attached hydrogen (secondary N) is 2. The lowest BCUT2D eigenvalue weighted by Gasteiger charge is -2.09. The van der Waals surface area contributed by atoms with Crippen molar-refractivity contribution in [1.82, 2.24) is 19.1 Å². The van der Waals surface area contributed by atoms with E-state index in [2.05, 4.69) is 20.6 Å². The molecule has 0 saturated carbocycles. The van der Waals surface area contributed by atoms with Crippen molar-refractivity contribution in [2.24, 2.45) is 0 Å². The minimum Gasteiger partial charge on any atom is -0.362 e. The van der Waals surface area contributed by atoms with E-state index < -0.39 is 0 Å². The number of benzene rings is 2. The number of carbonyl (C=O) groups is 2. The Morgan fingerprint density at radius 1 is 0.710 bits per heavy atom. The van der Waals surface area contributed by atoms with Crippen LogP contribution in [0, 0.1) is 0 Å². The van der Waals surface area contributed by atoms with E-state index >= 15 is 0 Å². The lowest BCUT2D eigenvalue weighted by molar-refractivity contribution is -0.125. The molecule has 2 heterocycles. The molecule has 156 valence electrons. The number of aromatic nitrogens is 4. The highest BCUT2D eigenvalue weighted by molar-refractivity contribution is 5.93. The fourth-order valence-corrected chi connectivity index (χ4v) is 2.89. The number of imidazole rings is 2. The summed E-state index contributed by atoms with van der Waals surface area (Å²) in [4.78, 5) is 32.0. The lowest BCUT2D eigenvalue weighted by atomic mass is 10.2. The van der Waals surface area contributed by atoms with E-state index in [-0.39, 0.29) is 25.0 Å². The van der Waals surface area contributed by atoms with Crippen molar-refractivity contribution in [3.8, 4) is 11.4 Å². The van der Waals surface area contributed by atoms with Crippen LogP contribution in [0.15, 0.2) is 86.0 Å². The average Bonchev–Trinajstić information content (AvgIpc) is 3.49. The van der Waals surface area contributed by atoms with E-state index in [1.54, 1.807) is 49.3 Å². The molecular weight excluding hydrogens is 396 g/mol. The summed E-state index contributed by atoms with van der Waals surface area (Å²) in [5, 5.41) is 5.46. The van der Waals surface area contributed by atoms with Gasteiger partial charge in [-0.3, -0.25) is 9.59 Å². The van der Waals surface area contributed by atoms with Gasteiger partial charge in [-0.15, -0.1) is 0 Å². The highest BCUT2D eigenvalue weighted by atomic mass is 16.5. The van der Waals surface area contributed by atoms with Crippen molar-refractivity contribution in [2.75, 3.05) is 23.8 Å². The number of hydrogen-bond acceptors (Lipinski definition) is 5. The van der Waals surface area contributed by atoms with Crippen LogP contribution >= 0.6 is 0 Å². The van der Waals surface area contributed by atoms with Gasteiger partial charge in [0.15, 0.2) is 0 Å². The molecule has 0 saturated heterocycles. The summed E-state index contributed by atoms with van der Waals surface area (Å²) in [6.45, 7) is -0.452. The van der Waals surface area contributed by atoms with E-state index in [1.165, 1.54) is 0 Å². The summed E-state index contributed by atoms with van der Waals surface area (Å²) in [6, 6.07) is 14.6. The molecule has 0 fully saturated rings. The number of rotatable bonds is 8. The Kier molecular flexibility index (Phi) is 6.15. The van der Waals surface area contributed by atoms with Crippen molar-refractivity contribution in [2.45, 2.75) is 0 Å². The number of hydrogen-bond donors (Lipinski definition) is 2. The molecule has 4 aromatic rings. The van der Waals surface area contributed by atoms with Crippen LogP contribution in [0.5, 0.6) is 0 Å². The Labute approximate surface area is 178 Å². The van der Waals surface area contributed by atoms with E-state index in [9.17, 15) is 9.59 Å². The van der Waals surface area contributed by atoms with Gasteiger partial charge in [0.05, 0.1) is 12.7 Å². The molecule has 0 unspecified atom stereocenters. The summed E-state index contributed by atoms with van der Waals surface area (Å²) in [5.74, 6) is -0.680. The number of ether oxygens (including phenoxy) is 1. The zero-order valence-corrected chi connectivity index (χ0v) is 16.5. The summed E-state index contributed by atoms with van der Waals surface area (Å²) >= 11 is 0. The predicted octanol–water partition coefficient (Wildman–Crippen LogP) is 2.65. The first-order valence-corrected chi connectivity index (χ1v) is 9.51. The zero-order chi connectivity index (χ0) is 21.5. The van der Waals surface area contributed by atoms with Gasteiger partial charge in [0, 0.05) is 47.5 Å². The van der Waals surface area contributed by atoms with Crippen molar-refractivity contribution in [1.29, 1.82) is 0 Å². The van der Waals surface area contributed by atoms with Crippen LogP contribution < -0.4 is 10.6 Å². The van der Waals surface area contributed by atoms with Gasteiger partial charge in [0.2, 0.25) is 11.8 Å². The molecule has 0 aliphatic carbocycles. The number of nitrogens with zero attached hydrogens (tertiary/aromatic N) is 4. The lowest BCUT2D eigenvalue weighted by Crippen LogP contribution is -2.23. The zero-order valence-electron chi connectivity index (χ0n) is 16.5. The van der Waals surface area contributed by atoms with Crippen molar-refractivity contribution in [3.63, 3.8) is 0 Å². The summed E-state index contributed by atoms with van der Waals surface area (Å²) in [5.41, 5.74) is 3.14. The quantitative estimate of drug-likeness (QED) is 0.460. The Hall–Kier alpha value is -4.24. The second-order valence-corrected chi connectivity index (χ2v) is 6.62. The Morgan fingerprint density at radius 2 is 1.13 bits per heavy atom. The minimum atomic E-state index is -0.340. The van der Waals surface area contributed by atoms with Gasteiger partial charge in [-0.25, -0.2) is 9.97 Å². The molecule has 2 aromatic heterocycles. The van der Waals surface area contributed by atoms with Crippen molar-refractivity contribution < 1.29 is 14.3 Å². The molecule has 31 heavy (non-hydrogen) atoms. The second kappa shape index (κ2) is 9.51. The Morgan fingerprint density at radius 3 is 1.48 bits per heavy atom. The summed E-state index contributed by atoms with van der Waals surface area (Å²) in [7, 11) is 0. The standard InChI is InChI=1S/C22H20N6O3/c29-21(25-17-1-5-19(6-2-17)27-11-9-23-15-27)13-31-14-22(30)26-18-3-7-20(8-4-18)28-12-10-24-16-28/h1-12,15-16H,13-14H2,(H,25,29)(H,26,30). The third kappa shape index (κ3) is 5.43. The first-order valence-electron chi connectivity index (χ1n) is 9.51. The van der Waals surface area contributed by atoms with Crippen LogP contribution in [0.25, 0.3) is 11.4 Å². The van der Waals surface area contributed by atoms with Crippen molar-refractivity contribution >= 4 is 23.2 Å². The van der Waals surface area contributed by atoms with Crippen LogP contribution in [0.1, 0.15) is 0 Å². The van der Waals surface area contributed by atoms with E-state index in [1.807, 2.05) is 45.8 Å². The summed E-state index contributed by atoms with van der Waals surface area (Å²) in [6.07, 6.45) is 10.4. The van der Waals surface area contributed by atoms with Gasteiger partial charge in [-0.05, 0) is 48.5 Å². The Balaban J connectivity index is 1.19. The van der Waals surface area contributed by atoms with Crippen LogP contribution in [-0.2, 0) is 14.3 Å². The molecule has 2 N–H and O–H groups in total. The molecule has 0 radical (unpaired) electrons. The predicted molar refractivity (Wildman–Crippen MR) is 115 cm³/mol. The highest BCUT2D eigenvalue weighted by Crippen LogP contribution is 2.14. The first kappa shape index (κ1) is 20.0. The van der Waals surface area contributed by atoms with Gasteiger partial charge in [0.25, 0.3) is 0 Å². The van der Waals surface area contributed by atoms with E-state index in [0.29, 0.717) is 11.4 Å². The van der Waals surface area contributed by atoms with Crippen LogP contribution in [-0.4, -0.2) is 44.1 Å². The maximum Gasteiger partial charge on any atom is 0.250 e. The number of anilines is 2. The van der Waals surface area contributed by atoms with Gasteiger partial charge in [-0.1, -0.05) is 0 Å². The maximum atomic E-state index is 12.0. The molecule has 9 heteroatoms. The fraction of sp³-hybridized carbons (Fsp3) is 0.0909. The van der Waals surface area contributed by atoms with Crippen LogP contribution in [0.4, 0.5) is 11.4 Å². The van der Waals surface area contributed by atoms with E-state index in [0.717, 1.165) is 11.4 Å².